The number of unbranched alkanes of at least 4 members (excludes halogenated alkanes) is 1. The topological polar surface area (TPSA) is 81.1 Å². The molecule has 2 aromatic carbocycles. The molecule has 0 aliphatic heterocycles. The van der Waals surface area contributed by atoms with Gasteiger partial charge in [0.15, 0.2) is 5.15 Å². The second-order valence-electron chi connectivity index (χ2n) is 7.99. The van der Waals surface area contributed by atoms with E-state index < -0.39 is 15.9 Å². The van der Waals surface area contributed by atoms with Crippen LogP contribution in [-0.2, 0) is 21.4 Å². The summed E-state index contributed by atoms with van der Waals surface area (Å²) in [4.78, 5) is 16.4. The van der Waals surface area contributed by atoms with E-state index in [1.165, 1.54) is 6.08 Å². The molecule has 0 aliphatic rings. The third-order valence-electron chi connectivity index (χ3n) is 5.24. The average molecular weight is 532 g/mol. The van der Waals surface area contributed by atoms with Crippen LogP contribution in [0.5, 0.6) is 0 Å². The van der Waals surface area contributed by atoms with Gasteiger partial charge in [0.25, 0.3) is 5.91 Å². The Bertz CT molecular complexity index is 1350. The number of nitrogens with zero attached hydrogens (tertiary/aromatic N) is 2. The van der Waals surface area contributed by atoms with E-state index >= 15 is 0 Å². The van der Waals surface area contributed by atoms with Crippen LogP contribution < -0.4 is 4.72 Å². The fourth-order valence-electron chi connectivity index (χ4n) is 3.35. The molecule has 6 nitrogen and oxygen atoms in total. The second kappa shape index (κ2) is 12.2. The van der Waals surface area contributed by atoms with Gasteiger partial charge in [-0.25, -0.2) is 18.1 Å². The maximum Gasteiger partial charge on any atom is 0.257 e. The van der Waals surface area contributed by atoms with Crippen LogP contribution >= 0.6 is 23.2 Å². The Morgan fingerprint density at radius 1 is 1.06 bits per heavy atom. The van der Waals surface area contributed by atoms with Crippen LogP contribution in [0.4, 0.5) is 0 Å². The van der Waals surface area contributed by atoms with Crippen molar-refractivity contribution in [3.05, 3.63) is 93.0 Å². The number of amides is 1. The molecule has 1 amide bonds. The van der Waals surface area contributed by atoms with E-state index in [1.807, 2.05) is 76.9 Å². The zero-order valence-corrected chi connectivity index (χ0v) is 21.9. The Kier molecular flexibility index (Phi) is 9.32. The van der Waals surface area contributed by atoms with Crippen molar-refractivity contribution in [3.63, 3.8) is 0 Å². The van der Waals surface area contributed by atoms with Gasteiger partial charge in [-0.1, -0.05) is 91.2 Å². The largest absolute Gasteiger partial charge is 0.323 e. The predicted molar refractivity (Wildman–Crippen MR) is 144 cm³/mol. The zero-order valence-electron chi connectivity index (χ0n) is 19.5. The van der Waals surface area contributed by atoms with Gasteiger partial charge >= 0.3 is 0 Å². The first-order chi connectivity index (χ1) is 16.7. The highest BCUT2D eigenvalue weighted by Gasteiger charge is 2.15. The van der Waals surface area contributed by atoms with Crippen LogP contribution in [0.25, 0.3) is 18.2 Å². The minimum Gasteiger partial charge on any atom is -0.323 e. The molecular formula is C26H27Cl2N3O3S. The van der Waals surface area contributed by atoms with Crippen LogP contribution in [0.1, 0.15) is 48.0 Å². The number of halogens is 2. The van der Waals surface area contributed by atoms with Gasteiger partial charge in [0, 0.05) is 11.1 Å². The quantitative estimate of drug-likeness (QED) is 0.258. The van der Waals surface area contributed by atoms with Gasteiger partial charge < -0.3 is 4.57 Å². The molecule has 3 aromatic rings. The number of nitrogens with one attached hydrogen (secondary N) is 1. The van der Waals surface area contributed by atoms with Crippen molar-refractivity contribution in [3.8, 4) is 0 Å². The Morgan fingerprint density at radius 2 is 1.77 bits per heavy atom. The Morgan fingerprint density at radius 3 is 2.46 bits per heavy atom. The first kappa shape index (κ1) is 26.7. The summed E-state index contributed by atoms with van der Waals surface area (Å²) < 4.78 is 27.8. The lowest BCUT2D eigenvalue weighted by Gasteiger charge is -2.11. The molecule has 9 heteroatoms. The summed E-state index contributed by atoms with van der Waals surface area (Å²) in [6.45, 7) is 4.05. The lowest BCUT2D eigenvalue weighted by atomic mass is 10.1. The van der Waals surface area contributed by atoms with Gasteiger partial charge in [-0.15, -0.1) is 0 Å². The number of aromatic nitrogens is 2. The van der Waals surface area contributed by atoms with Gasteiger partial charge in [0.2, 0.25) is 10.0 Å². The number of aryl methyl sites for hydroxylation is 1. The molecule has 3 rings (SSSR count). The highest BCUT2D eigenvalue weighted by atomic mass is 35.5. The van der Waals surface area contributed by atoms with E-state index in [0.29, 0.717) is 35.9 Å². The van der Waals surface area contributed by atoms with E-state index in [2.05, 4.69) is 4.98 Å². The van der Waals surface area contributed by atoms with Crippen LogP contribution in [0.15, 0.2) is 54.6 Å². The van der Waals surface area contributed by atoms with E-state index in [1.54, 1.807) is 6.92 Å². The minimum atomic E-state index is -3.67. The summed E-state index contributed by atoms with van der Waals surface area (Å²) in [6, 6.07) is 15.8. The summed E-state index contributed by atoms with van der Waals surface area (Å²) in [7, 11) is -3.67. The molecule has 0 spiro atoms. The van der Waals surface area contributed by atoms with Gasteiger partial charge in [0.05, 0.1) is 18.0 Å². The third-order valence-corrected chi connectivity index (χ3v) is 7.21. The normalized spacial score (nSPS) is 12.0. The van der Waals surface area contributed by atoms with Crippen molar-refractivity contribution in [2.75, 3.05) is 5.75 Å². The van der Waals surface area contributed by atoms with Crippen molar-refractivity contribution >= 4 is 57.4 Å². The lowest BCUT2D eigenvalue weighted by Crippen LogP contribution is -2.31. The molecule has 1 aromatic heterocycles. The molecule has 35 heavy (non-hydrogen) atoms. The number of hydrogen-bond acceptors (Lipinski definition) is 4. The number of carbonyl (C=O) groups excluding carboxylic acids is 1. The van der Waals surface area contributed by atoms with E-state index in [9.17, 15) is 13.2 Å². The van der Waals surface area contributed by atoms with Crippen molar-refractivity contribution in [1.82, 2.24) is 14.3 Å². The monoisotopic (exact) mass is 531 g/mol. The zero-order chi connectivity index (χ0) is 25.4. The molecule has 0 aliphatic carbocycles. The molecule has 0 fully saturated rings. The molecule has 0 saturated heterocycles. The van der Waals surface area contributed by atoms with E-state index in [0.717, 1.165) is 22.8 Å². The van der Waals surface area contributed by atoms with Crippen LogP contribution in [0.2, 0.25) is 10.2 Å². The fourth-order valence-corrected chi connectivity index (χ4v) is 5.03. The maximum absolute atomic E-state index is 12.2. The molecule has 0 radical (unpaired) electrons. The van der Waals surface area contributed by atoms with E-state index in [-0.39, 0.29) is 10.9 Å². The van der Waals surface area contributed by atoms with Crippen molar-refractivity contribution in [1.29, 1.82) is 0 Å². The summed E-state index contributed by atoms with van der Waals surface area (Å²) in [6.07, 6.45) is 7.80. The molecule has 184 valence electrons. The number of carbonyl (C=O) groups is 1. The smallest absolute Gasteiger partial charge is 0.257 e. The molecule has 0 bridgehead atoms. The van der Waals surface area contributed by atoms with Crippen LogP contribution in [0, 0.1) is 6.92 Å². The first-order valence-corrected chi connectivity index (χ1v) is 13.6. The Hall–Kier alpha value is -2.87. The highest BCUT2D eigenvalue weighted by Crippen LogP contribution is 2.25. The molecule has 1 N–H and O–H groups in total. The van der Waals surface area contributed by atoms with Crippen LogP contribution in [0.3, 0.4) is 0 Å². The third kappa shape index (κ3) is 7.82. The van der Waals surface area contributed by atoms with Crippen molar-refractivity contribution in [2.45, 2.75) is 33.2 Å². The molecule has 0 unspecified atom stereocenters. The van der Waals surface area contributed by atoms with Crippen LogP contribution in [-0.4, -0.2) is 29.6 Å². The molecule has 0 atom stereocenters. The molecule has 1 heterocycles. The highest BCUT2D eigenvalue weighted by molar-refractivity contribution is 7.90. The maximum atomic E-state index is 12.2. The minimum absolute atomic E-state index is 0.101. The van der Waals surface area contributed by atoms with E-state index in [4.69, 9.17) is 23.2 Å². The summed E-state index contributed by atoms with van der Waals surface area (Å²) in [5, 5.41) is 0.790. The second-order valence-corrected chi connectivity index (χ2v) is 10.6. The standard InChI is InChI=1S/C26H27Cl2N3O3S/c1-3-4-16-35(33,34)30-25(32)15-14-24-26(28)29-19(2)31(24)18-22-13-12-21(17-23(22)27)11-10-20-8-6-5-7-9-20/h5-15,17H,3-4,16,18H2,1-2H3,(H,30,32). The van der Waals surface area contributed by atoms with Crippen molar-refractivity contribution < 1.29 is 13.2 Å². The summed E-state index contributed by atoms with van der Waals surface area (Å²) >= 11 is 12.9. The van der Waals surface area contributed by atoms with Gasteiger partial charge in [0.1, 0.15) is 5.82 Å². The number of rotatable bonds is 10. The lowest BCUT2D eigenvalue weighted by molar-refractivity contribution is -0.114. The van der Waals surface area contributed by atoms with Crippen molar-refractivity contribution in [2.24, 2.45) is 0 Å². The number of sulfonamides is 1. The van der Waals surface area contributed by atoms with Gasteiger partial charge in [-0.2, -0.15) is 0 Å². The van der Waals surface area contributed by atoms with Gasteiger partial charge in [-0.3, -0.25) is 4.79 Å². The number of hydrogen-bond donors (Lipinski definition) is 1. The Balaban J connectivity index is 1.76. The number of benzene rings is 2. The Labute approximate surface area is 216 Å². The van der Waals surface area contributed by atoms with Gasteiger partial charge in [-0.05, 0) is 42.2 Å². The predicted octanol–water partition coefficient (Wildman–Crippen LogP) is 5.98. The SMILES string of the molecule is CCCCS(=O)(=O)NC(=O)C=Cc1c(Cl)nc(C)n1Cc1ccc(C=Cc2ccccc2)cc1Cl. The molecular weight excluding hydrogens is 505 g/mol. The number of imidazole rings is 1. The summed E-state index contributed by atoms with van der Waals surface area (Å²) in [5.74, 6) is -0.208. The average Bonchev–Trinajstić information content (AvgIpc) is 3.08. The first-order valence-electron chi connectivity index (χ1n) is 11.1. The fraction of sp³-hybridized carbons (Fsp3) is 0.231. The summed E-state index contributed by atoms with van der Waals surface area (Å²) in [5.41, 5.74) is 3.38. The molecule has 0 saturated carbocycles.